The van der Waals surface area contributed by atoms with E-state index in [2.05, 4.69) is 86.1 Å². The molecule has 30 heavy (non-hydrogen) atoms. The number of thiocarbonyl (C=S) groups is 1. The van der Waals surface area contributed by atoms with E-state index in [9.17, 15) is 0 Å². The highest BCUT2D eigenvalue weighted by Gasteiger charge is 2.20. The number of hydrogen-bond acceptors (Lipinski definition) is 2. The van der Waals surface area contributed by atoms with Crippen LogP contribution in [-0.4, -0.2) is 29.1 Å². The number of anilines is 2. The lowest BCUT2D eigenvalue weighted by molar-refractivity contribution is 0.319. The summed E-state index contributed by atoms with van der Waals surface area (Å²) in [6.45, 7) is 14.2. The molecule has 0 bridgehead atoms. The molecule has 2 aromatic rings. The summed E-state index contributed by atoms with van der Waals surface area (Å²) in [4.78, 5) is 4.87. The van der Waals surface area contributed by atoms with Gasteiger partial charge in [0.15, 0.2) is 5.11 Å². The van der Waals surface area contributed by atoms with E-state index in [1.54, 1.807) is 0 Å². The summed E-state index contributed by atoms with van der Waals surface area (Å²) in [6.07, 6.45) is 4.68. The summed E-state index contributed by atoms with van der Waals surface area (Å²) in [5, 5.41) is 4.28. The molecule has 162 valence electrons. The lowest BCUT2D eigenvalue weighted by atomic mass is 9.98. The molecule has 1 aliphatic rings. The van der Waals surface area contributed by atoms with Gasteiger partial charge in [0.25, 0.3) is 0 Å². The minimum atomic E-state index is 0.379. The van der Waals surface area contributed by atoms with Crippen molar-refractivity contribution < 1.29 is 0 Å². The molecule has 0 amide bonds. The Morgan fingerprint density at radius 3 is 2.63 bits per heavy atom. The predicted octanol–water partition coefficient (Wildman–Crippen LogP) is 6.46. The van der Waals surface area contributed by atoms with Gasteiger partial charge in [0.2, 0.25) is 0 Å². The number of hydrogen-bond donors (Lipinski definition) is 1. The van der Waals surface area contributed by atoms with Crippen LogP contribution in [0.3, 0.4) is 0 Å². The van der Waals surface area contributed by atoms with Crippen molar-refractivity contribution in [3.8, 4) is 0 Å². The summed E-state index contributed by atoms with van der Waals surface area (Å²) in [5.74, 6) is 0. The van der Waals surface area contributed by atoms with Crippen LogP contribution in [0.1, 0.15) is 62.3 Å². The lowest BCUT2D eigenvalue weighted by Crippen LogP contribution is -2.40. The monoisotopic (exact) mass is 423 g/mol. The molecule has 0 aromatic heterocycles. The molecule has 1 N–H and O–H groups in total. The van der Waals surface area contributed by atoms with Crippen molar-refractivity contribution in [1.29, 1.82) is 0 Å². The van der Waals surface area contributed by atoms with Crippen LogP contribution in [-0.2, 0) is 13.0 Å². The van der Waals surface area contributed by atoms with Crippen molar-refractivity contribution in [2.75, 3.05) is 23.3 Å². The standard InChI is InChI=1S/C26H37N3S/c1-6-14-28-15-8-9-23-17-22(11-13-25(23)28)18-29(21(5)7-2)26(30)27-24-12-10-19(3)20(4)16-24/h10-13,16-17,21H,6-9,14-15,18H2,1-5H3,(H,27,30). The maximum Gasteiger partial charge on any atom is 0.173 e. The first-order valence-corrected chi connectivity index (χ1v) is 11.8. The summed E-state index contributed by atoms with van der Waals surface area (Å²) in [7, 11) is 0. The molecule has 2 aromatic carbocycles. The third-order valence-electron chi connectivity index (χ3n) is 6.35. The predicted molar refractivity (Wildman–Crippen MR) is 135 cm³/mol. The second-order valence-corrected chi connectivity index (χ2v) is 9.05. The van der Waals surface area contributed by atoms with Gasteiger partial charge >= 0.3 is 0 Å². The van der Waals surface area contributed by atoms with E-state index in [1.807, 2.05) is 0 Å². The van der Waals surface area contributed by atoms with Crippen LogP contribution in [0, 0.1) is 13.8 Å². The minimum Gasteiger partial charge on any atom is -0.371 e. The fourth-order valence-corrected chi connectivity index (χ4v) is 4.55. The van der Waals surface area contributed by atoms with Crippen molar-refractivity contribution in [3.05, 3.63) is 58.7 Å². The van der Waals surface area contributed by atoms with Gasteiger partial charge in [0.05, 0.1) is 0 Å². The van der Waals surface area contributed by atoms with E-state index in [0.717, 1.165) is 30.3 Å². The first-order chi connectivity index (χ1) is 14.4. The van der Waals surface area contributed by atoms with Crippen LogP contribution in [0.4, 0.5) is 11.4 Å². The molecule has 1 atom stereocenters. The molecule has 0 aliphatic carbocycles. The Labute approximate surface area is 188 Å². The Morgan fingerprint density at radius 1 is 1.13 bits per heavy atom. The van der Waals surface area contributed by atoms with Gasteiger partial charge in [-0.25, -0.2) is 0 Å². The maximum atomic E-state index is 5.86. The average molecular weight is 424 g/mol. The maximum absolute atomic E-state index is 5.86. The molecule has 0 fully saturated rings. The van der Waals surface area contributed by atoms with Gasteiger partial charge in [0.1, 0.15) is 0 Å². The first kappa shape index (κ1) is 22.6. The van der Waals surface area contributed by atoms with Crippen molar-refractivity contribution in [1.82, 2.24) is 4.90 Å². The SMILES string of the molecule is CCCN1CCCc2cc(CN(C(=S)Nc3ccc(C)c(C)c3)C(C)CC)ccc21. The normalized spacial score (nSPS) is 14.2. The Balaban J connectivity index is 1.77. The molecular formula is C26H37N3S. The van der Waals surface area contributed by atoms with Gasteiger partial charge < -0.3 is 15.1 Å². The summed E-state index contributed by atoms with van der Waals surface area (Å²) in [5.41, 5.74) is 7.91. The van der Waals surface area contributed by atoms with Crippen LogP contribution in [0.5, 0.6) is 0 Å². The van der Waals surface area contributed by atoms with Gasteiger partial charge in [-0.15, -0.1) is 0 Å². The van der Waals surface area contributed by atoms with Gasteiger partial charge in [-0.3, -0.25) is 0 Å². The van der Waals surface area contributed by atoms with E-state index in [4.69, 9.17) is 12.2 Å². The zero-order valence-corrected chi connectivity index (χ0v) is 20.1. The molecule has 3 nitrogen and oxygen atoms in total. The summed E-state index contributed by atoms with van der Waals surface area (Å²) >= 11 is 5.86. The Hall–Kier alpha value is -2.07. The Kier molecular flexibility index (Phi) is 7.76. The highest BCUT2D eigenvalue weighted by molar-refractivity contribution is 7.80. The van der Waals surface area contributed by atoms with Gasteiger partial charge in [-0.1, -0.05) is 32.0 Å². The van der Waals surface area contributed by atoms with E-state index < -0.39 is 0 Å². The number of aryl methyl sites for hydroxylation is 3. The molecule has 1 unspecified atom stereocenters. The third kappa shape index (κ3) is 5.34. The summed E-state index contributed by atoms with van der Waals surface area (Å²) in [6, 6.07) is 13.9. The number of benzene rings is 2. The summed E-state index contributed by atoms with van der Waals surface area (Å²) < 4.78 is 0. The van der Waals surface area contributed by atoms with Gasteiger partial charge in [-0.05, 0) is 99.1 Å². The molecule has 3 rings (SSSR count). The van der Waals surface area contributed by atoms with Crippen LogP contribution >= 0.6 is 12.2 Å². The highest BCUT2D eigenvalue weighted by Crippen LogP contribution is 2.29. The molecule has 0 saturated carbocycles. The van der Waals surface area contributed by atoms with Crippen molar-refractivity contribution >= 4 is 28.7 Å². The van der Waals surface area contributed by atoms with E-state index >= 15 is 0 Å². The van der Waals surface area contributed by atoms with Crippen LogP contribution in [0.2, 0.25) is 0 Å². The van der Waals surface area contributed by atoms with E-state index in [-0.39, 0.29) is 0 Å². The zero-order valence-electron chi connectivity index (χ0n) is 19.3. The molecule has 1 aliphatic heterocycles. The number of nitrogens with one attached hydrogen (secondary N) is 1. The average Bonchev–Trinajstić information content (AvgIpc) is 2.74. The minimum absolute atomic E-state index is 0.379. The highest BCUT2D eigenvalue weighted by atomic mass is 32.1. The molecule has 0 radical (unpaired) electrons. The van der Waals surface area contributed by atoms with Crippen LogP contribution in [0.25, 0.3) is 0 Å². The molecule has 4 heteroatoms. The second kappa shape index (κ2) is 10.3. The lowest BCUT2D eigenvalue weighted by Gasteiger charge is -2.34. The fourth-order valence-electron chi connectivity index (χ4n) is 4.19. The quantitative estimate of drug-likeness (QED) is 0.515. The van der Waals surface area contributed by atoms with Crippen LogP contribution < -0.4 is 10.2 Å². The smallest absolute Gasteiger partial charge is 0.173 e. The topological polar surface area (TPSA) is 18.5 Å². The van der Waals surface area contributed by atoms with E-state index in [1.165, 1.54) is 53.7 Å². The van der Waals surface area contributed by atoms with Gasteiger partial charge in [-0.2, -0.15) is 0 Å². The van der Waals surface area contributed by atoms with Crippen molar-refractivity contribution in [2.24, 2.45) is 0 Å². The molecule has 1 heterocycles. The number of nitrogens with zero attached hydrogens (tertiary/aromatic N) is 2. The van der Waals surface area contributed by atoms with Crippen LogP contribution in [0.15, 0.2) is 36.4 Å². The molecule has 0 spiro atoms. The first-order valence-electron chi connectivity index (χ1n) is 11.4. The van der Waals surface area contributed by atoms with Gasteiger partial charge in [0, 0.05) is 37.1 Å². The van der Waals surface area contributed by atoms with Crippen molar-refractivity contribution in [2.45, 2.75) is 72.9 Å². The number of rotatable bonds is 7. The molecule has 0 saturated heterocycles. The van der Waals surface area contributed by atoms with E-state index in [0.29, 0.717) is 6.04 Å². The fraction of sp³-hybridized carbons (Fsp3) is 0.500. The largest absolute Gasteiger partial charge is 0.371 e. The Morgan fingerprint density at radius 2 is 1.93 bits per heavy atom. The number of fused-ring (bicyclic) bond motifs is 1. The molecular weight excluding hydrogens is 386 g/mol. The third-order valence-corrected chi connectivity index (χ3v) is 6.68. The second-order valence-electron chi connectivity index (χ2n) is 8.67. The Bertz CT molecular complexity index is 877. The zero-order chi connectivity index (χ0) is 21.7. The van der Waals surface area contributed by atoms with Crippen molar-refractivity contribution in [3.63, 3.8) is 0 Å².